The Balaban J connectivity index is 2.96. The van der Waals surface area contributed by atoms with Crippen molar-refractivity contribution >= 4 is 11.9 Å². The van der Waals surface area contributed by atoms with Crippen LogP contribution < -0.4 is 11.1 Å². The van der Waals surface area contributed by atoms with Gasteiger partial charge in [0.2, 0.25) is 5.96 Å². The van der Waals surface area contributed by atoms with Crippen molar-refractivity contribution in [3.05, 3.63) is 35.4 Å². The van der Waals surface area contributed by atoms with Gasteiger partial charge in [-0.1, -0.05) is 15.8 Å². The molecule has 1 amide bonds. The van der Waals surface area contributed by atoms with E-state index in [1.165, 1.54) is 0 Å². The molecule has 0 bridgehead atoms. The molecule has 0 heterocycles. The molecular formula is C9H7F4N3O. The summed E-state index contributed by atoms with van der Waals surface area (Å²) in [5, 5.41) is 3.74. The number of hydrogen-bond donors (Lipinski definition) is 2. The first-order valence-electron chi connectivity index (χ1n) is 4.27. The highest BCUT2D eigenvalue weighted by atomic mass is 19.4. The number of carbonyl (C=O) groups is 1. The van der Waals surface area contributed by atoms with E-state index >= 15 is 0 Å². The van der Waals surface area contributed by atoms with Crippen molar-refractivity contribution in [3.63, 3.8) is 0 Å². The summed E-state index contributed by atoms with van der Waals surface area (Å²) in [7, 11) is 0. The fourth-order valence-electron chi connectivity index (χ4n) is 1.05. The van der Waals surface area contributed by atoms with E-state index in [-0.39, 0.29) is 5.56 Å². The summed E-state index contributed by atoms with van der Waals surface area (Å²) in [5.41, 5.74) is 3.57. The molecule has 0 aromatic heterocycles. The van der Waals surface area contributed by atoms with Crippen LogP contribution in [-0.2, 0) is 6.18 Å². The van der Waals surface area contributed by atoms with Gasteiger partial charge in [-0.3, -0.25) is 10.1 Å². The van der Waals surface area contributed by atoms with Crippen molar-refractivity contribution < 1.29 is 22.4 Å². The van der Waals surface area contributed by atoms with Crippen LogP contribution in [0.4, 0.5) is 17.7 Å². The van der Waals surface area contributed by atoms with Gasteiger partial charge < -0.3 is 5.73 Å². The number of rotatable bonds is 1. The molecule has 3 N–H and O–H groups in total. The highest BCUT2D eigenvalue weighted by Crippen LogP contribution is 2.29. The number of nitrogens with zero attached hydrogens (tertiary/aromatic N) is 1. The van der Waals surface area contributed by atoms with Gasteiger partial charge in [-0.25, -0.2) is 0 Å². The highest BCUT2D eigenvalue weighted by molar-refractivity contribution is 6.05. The number of nitrogens with two attached hydrogens (primary N) is 1. The molecule has 1 aromatic carbocycles. The fourth-order valence-corrected chi connectivity index (χ4v) is 1.05. The van der Waals surface area contributed by atoms with Crippen molar-refractivity contribution in [2.24, 2.45) is 10.9 Å². The number of carbonyl (C=O) groups excluding carboxylic acids is 1. The normalized spacial score (nSPS) is 12.4. The Bertz CT molecular complexity index is 456. The average molecular weight is 249 g/mol. The molecule has 0 fully saturated rings. The molecule has 4 nitrogen and oxygen atoms in total. The minimum absolute atomic E-state index is 0.300. The second-order valence-electron chi connectivity index (χ2n) is 3.00. The molecule has 1 rings (SSSR count). The number of amides is 1. The summed E-state index contributed by atoms with van der Waals surface area (Å²) in [5.74, 6) is -1.80. The molecular weight excluding hydrogens is 242 g/mol. The van der Waals surface area contributed by atoms with Crippen LogP contribution >= 0.6 is 0 Å². The predicted octanol–water partition coefficient (Wildman–Crippen LogP) is 1.63. The fraction of sp³-hybridized carbons (Fsp3) is 0.111. The van der Waals surface area contributed by atoms with Crippen LogP contribution in [-0.4, -0.2) is 11.9 Å². The zero-order valence-electron chi connectivity index (χ0n) is 8.25. The summed E-state index contributed by atoms with van der Waals surface area (Å²) in [6, 6.07) is 3.63. The Morgan fingerprint density at radius 3 is 2.53 bits per heavy atom. The minimum Gasteiger partial charge on any atom is -0.367 e. The Morgan fingerprint density at radius 2 is 2.00 bits per heavy atom. The summed E-state index contributed by atoms with van der Waals surface area (Å²) in [6.07, 6.45) is -4.56. The van der Waals surface area contributed by atoms with Crippen LogP contribution in [0.5, 0.6) is 0 Å². The number of alkyl halides is 3. The third-order valence-corrected chi connectivity index (χ3v) is 1.78. The molecule has 0 aliphatic carbocycles. The third-order valence-electron chi connectivity index (χ3n) is 1.78. The Labute approximate surface area is 93.1 Å². The first-order valence-corrected chi connectivity index (χ1v) is 4.27. The van der Waals surface area contributed by atoms with Gasteiger partial charge in [0.25, 0.3) is 5.91 Å². The lowest BCUT2D eigenvalue weighted by atomic mass is 10.1. The van der Waals surface area contributed by atoms with E-state index < -0.39 is 23.6 Å². The SMILES string of the molecule is NC(=NF)NC(=O)c1cccc(C(F)(F)F)c1. The lowest BCUT2D eigenvalue weighted by Gasteiger charge is -2.08. The van der Waals surface area contributed by atoms with Crippen LogP contribution in [0.3, 0.4) is 0 Å². The maximum Gasteiger partial charge on any atom is 0.416 e. The molecule has 0 radical (unpaired) electrons. The molecule has 0 aliphatic rings. The minimum atomic E-state index is -4.56. The van der Waals surface area contributed by atoms with Gasteiger partial charge >= 0.3 is 6.18 Å². The Hall–Kier alpha value is -2.12. The van der Waals surface area contributed by atoms with Gasteiger partial charge in [0.15, 0.2) is 0 Å². The molecule has 0 unspecified atom stereocenters. The molecule has 0 saturated carbocycles. The summed E-state index contributed by atoms with van der Waals surface area (Å²) in [4.78, 5) is 11.3. The standard InChI is InChI=1S/C9H7F4N3O/c10-9(11,12)6-3-1-2-5(4-6)7(17)15-8(14)16-13/h1-4H,(H3,14,15,16,17). The zero-order valence-corrected chi connectivity index (χ0v) is 8.25. The van der Waals surface area contributed by atoms with Gasteiger partial charge in [0.1, 0.15) is 0 Å². The smallest absolute Gasteiger partial charge is 0.367 e. The highest BCUT2D eigenvalue weighted by Gasteiger charge is 2.30. The van der Waals surface area contributed by atoms with E-state index in [0.717, 1.165) is 18.2 Å². The van der Waals surface area contributed by atoms with Crippen LogP contribution in [0.1, 0.15) is 15.9 Å². The largest absolute Gasteiger partial charge is 0.416 e. The van der Waals surface area contributed by atoms with Crippen LogP contribution in [0.15, 0.2) is 29.5 Å². The molecule has 0 atom stereocenters. The van der Waals surface area contributed by atoms with Crippen molar-refractivity contribution in [2.75, 3.05) is 0 Å². The van der Waals surface area contributed by atoms with Crippen molar-refractivity contribution in [1.82, 2.24) is 5.32 Å². The molecule has 0 aliphatic heterocycles. The second kappa shape index (κ2) is 4.81. The topological polar surface area (TPSA) is 67.5 Å². The molecule has 17 heavy (non-hydrogen) atoms. The van der Waals surface area contributed by atoms with Crippen molar-refractivity contribution in [1.29, 1.82) is 0 Å². The quantitative estimate of drug-likeness (QED) is 0.451. The van der Waals surface area contributed by atoms with E-state index in [1.807, 2.05) is 5.21 Å². The molecule has 0 spiro atoms. The van der Waals surface area contributed by atoms with Crippen molar-refractivity contribution in [2.45, 2.75) is 6.18 Å². The van der Waals surface area contributed by atoms with Gasteiger partial charge in [0, 0.05) is 5.56 Å². The van der Waals surface area contributed by atoms with Gasteiger partial charge in [-0.05, 0) is 18.2 Å². The van der Waals surface area contributed by atoms with Gasteiger partial charge in [-0.2, -0.15) is 13.2 Å². The van der Waals surface area contributed by atoms with E-state index in [9.17, 15) is 22.4 Å². The first-order chi connectivity index (χ1) is 7.84. The van der Waals surface area contributed by atoms with Crippen LogP contribution in [0.2, 0.25) is 0 Å². The maximum atomic E-state index is 12.3. The van der Waals surface area contributed by atoms with E-state index in [2.05, 4.69) is 0 Å². The van der Waals surface area contributed by atoms with Gasteiger partial charge in [0.05, 0.1) is 5.56 Å². The molecule has 0 saturated heterocycles. The lowest BCUT2D eigenvalue weighted by Crippen LogP contribution is -2.36. The Morgan fingerprint density at radius 1 is 1.35 bits per heavy atom. The second-order valence-corrected chi connectivity index (χ2v) is 3.00. The number of benzene rings is 1. The van der Waals surface area contributed by atoms with E-state index in [1.54, 1.807) is 5.32 Å². The summed E-state index contributed by atoms with van der Waals surface area (Å²) in [6.45, 7) is 0. The Kier molecular flexibility index (Phi) is 3.66. The number of nitrogens with one attached hydrogen (secondary N) is 1. The number of guanidine groups is 1. The molecule has 8 heteroatoms. The summed E-state index contributed by atoms with van der Waals surface area (Å²) >= 11 is 0. The van der Waals surface area contributed by atoms with Gasteiger partial charge in [-0.15, -0.1) is 0 Å². The van der Waals surface area contributed by atoms with Crippen molar-refractivity contribution in [3.8, 4) is 0 Å². The predicted molar refractivity (Wildman–Crippen MR) is 51.6 cm³/mol. The zero-order chi connectivity index (χ0) is 13.1. The monoisotopic (exact) mass is 249 g/mol. The van der Waals surface area contributed by atoms with E-state index in [0.29, 0.717) is 6.07 Å². The van der Waals surface area contributed by atoms with Crippen LogP contribution in [0, 0.1) is 0 Å². The third kappa shape index (κ3) is 3.44. The average Bonchev–Trinajstić information content (AvgIpc) is 2.28. The first kappa shape index (κ1) is 12.9. The molecule has 92 valence electrons. The molecule has 1 aromatic rings. The van der Waals surface area contributed by atoms with E-state index in [4.69, 9.17) is 5.73 Å². The summed E-state index contributed by atoms with van der Waals surface area (Å²) < 4.78 is 48.6. The number of hydrogen-bond acceptors (Lipinski definition) is 2. The van der Waals surface area contributed by atoms with Crippen LogP contribution in [0.25, 0.3) is 0 Å². The number of halogens is 4. The lowest BCUT2D eigenvalue weighted by molar-refractivity contribution is -0.137. The maximum absolute atomic E-state index is 12.3.